The second-order valence-corrected chi connectivity index (χ2v) is 4.08. The lowest BCUT2D eigenvalue weighted by Crippen LogP contribution is -1.91. The largest absolute Gasteiger partial charge is 0.475 e. The third-order valence-corrected chi connectivity index (χ3v) is 2.90. The number of aromatic nitrogens is 2. The molecule has 1 aromatic carbocycles. The van der Waals surface area contributed by atoms with Crippen molar-refractivity contribution in [3.8, 4) is 11.3 Å². The number of aryl methyl sites for hydroxylation is 1. The molecule has 0 radical (unpaired) electrons. The van der Waals surface area contributed by atoms with Crippen molar-refractivity contribution in [1.82, 2.24) is 9.72 Å². The molecule has 3 rings (SSSR count). The minimum absolute atomic E-state index is 0.156. The number of nitrogens with zero attached hydrogens (tertiary/aromatic N) is 2. The highest BCUT2D eigenvalue weighted by Gasteiger charge is 2.12. The fourth-order valence-corrected chi connectivity index (χ4v) is 1.93. The Morgan fingerprint density at radius 3 is 2.89 bits per heavy atom. The van der Waals surface area contributed by atoms with Crippen LogP contribution in [-0.2, 0) is 7.05 Å². The number of aromatic carboxylic acids is 1. The van der Waals surface area contributed by atoms with Crippen molar-refractivity contribution in [2.45, 2.75) is 0 Å². The summed E-state index contributed by atoms with van der Waals surface area (Å²) < 4.78 is 6.74. The minimum atomic E-state index is -1.12. The summed E-state index contributed by atoms with van der Waals surface area (Å²) >= 11 is 0. The molecule has 0 saturated carbocycles. The molecule has 0 unspecified atom stereocenters. The second-order valence-electron chi connectivity index (χ2n) is 4.08. The standard InChI is InChI=1S/C13H10N2O3/c1-15-5-4-8-2-3-9(6-11(8)15)10-7-12(13(16)17)18-14-10/h2-7H,1H3,(H,16,17). The zero-order valence-corrected chi connectivity index (χ0v) is 9.62. The molecule has 0 bridgehead atoms. The topological polar surface area (TPSA) is 68.3 Å². The number of fused-ring (bicyclic) bond motifs is 1. The highest BCUT2D eigenvalue weighted by atomic mass is 16.5. The van der Waals surface area contributed by atoms with Crippen LogP contribution in [0.3, 0.4) is 0 Å². The van der Waals surface area contributed by atoms with Crippen molar-refractivity contribution in [3.05, 3.63) is 42.3 Å². The summed E-state index contributed by atoms with van der Waals surface area (Å²) in [5.41, 5.74) is 2.42. The van der Waals surface area contributed by atoms with Crippen LogP contribution in [0.1, 0.15) is 10.6 Å². The Kier molecular flexibility index (Phi) is 2.19. The van der Waals surface area contributed by atoms with Crippen LogP contribution in [0, 0.1) is 0 Å². The minimum Gasteiger partial charge on any atom is -0.475 e. The summed E-state index contributed by atoms with van der Waals surface area (Å²) in [6.07, 6.45) is 1.97. The Hall–Kier alpha value is -2.56. The van der Waals surface area contributed by atoms with E-state index in [1.165, 1.54) is 6.07 Å². The maximum atomic E-state index is 10.7. The lowest BCUT2D eigenvalue weighted by atomic mass is 10.1. The molecule has 2 heterocycles. The Balaban J connectivity index is 2.12. The first-order valence-corrected chi connectivity index (χ1v) is 5.40. The van der Waals surface area contributed by atoms with E-state index in [0.29, 0.717) is 5.69 Å². The Bertz CT molecular complexity index is 740. The van der Waals surface area contributed by atoms with E-state index in [0.717, 1.165) is 16.5 Å². The van der Waals surface area contributed by atoms with E-state index in [-0.39, 0.29) is 5.76 Å². The molecule has 5 nitrogen and oxygen atoms in total. The van der Waals surface area contributed by atoms with Crippen LogP contribution in [0.5, 0.6) is 0 Å². The molecule has 0 aliphatic rings. The molecule has 2 aromatic heterocycles. The molecule has 90 valence electrons. The number of carbonyl (C=O) groups is 1. The summed E-state index contributed by atoms with van der Waals surface area (Å²) in [6, 6.07) is 9.27. The third-order valence-electron chi connectivity index (χ3n) is 2.90. The van der Waals surface area contributed by atoms with Gasteiger partial charge in [-0.3, -0.25) is 0 Å². The summed E-state index contributed by atoms with van der Waals surface area (Å²) in [6.45, 7) is 0. The summed E-state index contributed by atoms with van der Waals surface area (Å²) in [7, 11) is 1.96. The van der Waals surface area contributed by atoms with E-state index in [2.05, 4.69) is 5.16 Å². The van der Waals surface area contributed by atoms with Crippen LogP contribution in [0.2, 0.25) is 0 Å². The molecule has 18 heavy (non-hydrogen) atoms. The number of carboxylic acid groups (broad SMARTS) is 1. The number of hydrogen-bond donors (Lipinski definition) is 1. The van der Waals surface area contributed by atoms with Gasteiger partial charge in [0.25, 0.3) is 0 Å². The molecule has 5 heteroatoms. The van der Waals surface area contributed by atoms with Crippen LogP contribution in [0.15, 0.2) is 41.1 Å². The van der Waals surface area contributed by atoms with Crippen molar-refractivity contribution >= 4 is 16.9 Å². The molecule has 0 spiro atoms. The molecule has 0 atom stereocenters. The fraction of sp³-hybridized carbons (Fsp3) is 0.0769. The predicted molar refractivity (Wildman–Crippen MR) is 65.4 cm³/mol. The zero-order chi connectivity index (χ0) is 12.7. The molecule has 0 fully saturated rings. The summed E-state index contributed by atoms with van der Waals surface area (Å²) in [4.78, 5) is 10.7. The van der Waals surface area contributed by atoms with Crippen molar-refractivity contribution in [1.29, 1.82) is 0 Å². The van der Waals surface area contributed by atoms with Gasteiger partial charge in [0.2, 0.25) is 5.76 Å². The summed E-state index contributed by atoms with van der Waals surface area (Å²) in [5, 5.41) is 13.7. The number of rotatable bonds is 2. The van der Waals surface area contributed by atoms with Gasteiger partial charge in [-0.1, -0.05) is 17.3 Å². The number of hydrogen-bond acceptors (Lipinski definition) is 3. The van der Waals surface area contributed by atoms with Crippen LogP contribution in [-0.4, -0.2) is 20.8 Å². The summed E-state index contributed by atoms with van der Waals surface area (Å²) in [5.74, 6) is -1.27. The van der Waals surface area contributed by atoms with E-state index in [4.69, 9.17) is 9.63 Å². The van der Waals surface area contributed by atoms with Gasteiger partial charge in [-0.2, -0.15) is 0 Å². The molecular weight excluding hydrogens is 232 g/mol. The van der Waals surface area contributed by atoms with Gasteiger partial charge in [-0.05, 0) is 17.5 Å². The van der Waals surface area contributed by atoms with Gasteiger partial charge in [-0.25, -0.2) is 4.79 Å². The van der Waals surface area contributed by atoms with Gasteiger partial charge in [0.15, 0.2) is 0 Å². The first-order chi connectivity index (χ1) is 8.65. The van der Waals surface area contributed by atoms with Crippen molar-refractivity contribution in [3.63, 3.8) is 0 Å². The number of benzene rings is 1. The maximum absolute atomic E-state index is 10.7. The number of carboxylic acids is 1. The smallest absolute Gasteiger partial charge is 0.374 e. The second kappa shape index (κ2) is 3.73. The van der Waals surface area contributed by atoms with Crippen molar-refractivity contribution < 1.29 is 14.4 Å². The fourth-order valence-electron chi connectivity index (χ4n) is 1.93. The van der Waals surface area contributed by atoms with Crippen molar-refractivity contribution in [2.75, 3.05) is 0 Å². The highest BCUT2D eigenvalue weighted by molar-refractivity contribution is 5.88. The maximum Gasteiger partial charge on any atom is 0.374 e. The van der Waals surface area contributed by atoms with E-state index in [1.807, 2.05) is 42.1 Å². The third kappa shape index (κ3) is 1.57. The average molecular weight is 242 g/mol. The van der Waals surface area contributed by atoms with Gasteiger partial charge in [0.1, 0.15) is 5.69 Å². The normalized spacial score (nSPS) is 10.9. The molecular formula is C13H10N2O3. The highest BCUT2D eigenvalue weighted by Crippen LogP contribution is 2.24. The van der Waals surface area contributed by atoms with Crippen molar-refractivity contribution in [2.24, 2.45) is 7.05 Å². The Labute approximate surface area is 102 Å². The van der Waals surface area contributed by atoms with E-state index in [9.17, 15) is 4.79 Å². The molecule has 0 aliphatic heterocycles. The molecule has 3 aromatic rings. The van der Waals surface area contributed by atoms with Gasteiger partial charge < -0.3 is 14.2 Å². The SMILES string of the molecule is Cn1ccc2ccc(-c3cc(C(=O)O)on3)cc21. The van der Waals surface area contributed by atoms with E-state index in [1.54, 1.807) is 0 Å². The van der Waals surface area contributed by atoms with Gasteiger partial charge >= 0.3 is 5.97 Å². The predicted octanol–water partition coefficient (Wildman–Crippen LogP) is 2.53. The first kappa shape index (κ1) is 10.6. The molecule has 0 saturated heterocycles. The Morgan fingerprint density at radius 1 is 1.33 bits per heavy atom. The van der Waals surface area contributed by atoms with Crippen LogP contribution >= 0.6 is 0 Å². The molecule has 1 N–H and O–H groups in total. The average Bonchev–Trinajstić information content (AvgIpc) is 2.96. The lowest BCUT2D eigenvalue weighted by molar-refractivity contribution is 0.0652. The van der Waals surface area contributed by atoms with Crippen LogP contribution in [0.25, 0.3) is 22.2 Å². The van der Waals surface area contributed by atoms with Gasteiger partial charge in [-0.15, -0.1) is 0 Å². The van der Waals surface area contributed by atoms with E-state index >= 15 is 0 Å². The molecule has 0 aliphatic carbocycles. The molecule has 0 amide bonds. The van der Waals surface area contributed by atoms with Gasteiger partial charge in [0, 0.05) is 30.4 Å². The van der Waals surface area contributed by atoms with Gasteiger partial charge in [0.05, 0.1) is 0 Å². The first-order valence-electron chi connectivity index (χ1n) is 5.40. The lowest BCUT2D eigenvalue weighted by Gasteiger charge is -1.99. The zero-order valence-electron chi connectivity index (χ0n) is 9.62. The van der Waals surface area contributed by atoms with E-state index < -0.39 is 5.97 Å². The monoisotopic (exact) mass is 242 g/mol. The quantitative estimate of drug-likeness (QED) is 0.749. The van der Waals surface area contributed by atoms with Crippen LogP contribution < -0.4 is 0 Å². The van der Waals surface area contributed by atoms with Crippen LogP contribution in [0.4, 0.5) is 0 Å². The Morgan fingerprint density at radius 2 is 2.17 bits per heavy atom.